The van der Waals surface area contributed by atoms with E-state index in [4.69, 9.17) is 9.47 Å². The van der Waals surface area contributed by atoms with E-state index in [1.165, 1.54) is 11.8 Å². The fraction of sp³-hybridized carbons (Fsp3) is 0.250. The Morgan fingerprint density at radius 1 is 0.857 bits per heavy atom. The molecule has 2 aromatic rings. The molecule has 148 valence electrons. The number of methoxy groups -OCH3 is 1. The van der Waals surface area contributed by atoms with E-state index in [1.54, 1.807) is 62.6 Å². The van der Waals surface area contributed by atoms with Crippen LogP contribution in [0.1, 0.15) is 17.3 Å². The van der Waals surface area contributed by atoms with E-state index >= 15 is 0 Å². The highest BCUT2D eigenvalue weighted by molar-refractivity contribution is 8.00. The molecule has 0 aromatic heterocycles. The van der Waals surface area contributed by atoms with Crippen LogP contribution >= 0.6 is 11.8 Å². The first-order chi connectivity index (χ1) is 13.5. The van der Waals surface area contributed by atoms with E-state index in [0.717, 1.165) is 0 Å². The number of carbonyl (C=O) groups excluding carboxylic acids is 3. The predicted molar refractivity (Wildman–Crippen MR) is 110 cm³/mol. The molecule has 0 aliphatic rings. The summed E-state index contributed by atoms with van der Waals surface area (Å²) < 4.78 is 9.96. The predicted octanol–water partition coefficient (Wildman–Crippen LogP) is 3.18. The number of amides is 2. The fourth-order valence-electron chi connectivity index (χ4n) is 2.21. The van der Waals surface area contributed by atoms with Crippen LogP contribution in [0.3, 0.4) is 0 Å². The van der Waals surface area contributed by atoms with Crippen molar-refractivity contribution < 1.29 is 23.9 Å². The number of ether oxygens (including phenoxy) is 2. The lowest BCUT2D eigenvalue weighted by Crippen LogP contribution is -2.18. The monoisotopic (exact) mass is 402 g/mol. The van der Waals surface area contributed by atoms with Gasteiger partial charge in [-0.1, -0.05) is 0 Å². The SMILES string of the molecule is CCOC(=O)c1ccc(NC(=O)CSCC(=O)Nc2ccc(OC)cc2)cc1. The highest BCUT2D eigenvalue weighted by Gasteiger charge is 2.09. The Bertz CT molecular complexity index is 806. The Morgan fingerprint density at radius 2 is 1.36 bits per heavy atom. The standard InChI is InChI=1S/C20H22N2O5S/c1-3-27-20(25)14-4-6-15(7-5-14)21-18(23)12-28-13-19(24)22-16-8-10-17(26-2)11-9-16/h4-11H,3,12-13H2,1-2H3,(H,21,23)(H,22,24). The molecule has 8 heteroatoms. The Morgan fingerprint density at radius 3 is 1.82 bits per heavy atom. The van der Waals surface area contributed by atoms with Crippen LogP contribution in [0.15, 0.2) is 48.5 Å². The molecule has 0 bridgehead atoms. The largest absolute Gasteiger partial charge is 0.497 e. The number of thioether (sulfide) groups is 1. The van der Waals surface area contributed by atoms with Gasteiger partial charge in [-0.25, -0.2) is 4.79 Å². The summed E-state index contributed by atoms with van der Waals surface area (Å²) >= 11 is 1.21. The molecule has 0 spiro atoms. The first-order valence-electron chi connectivity index (χ1n) is 8.60. The summed E-state index contributed by atoms with van der Waals surface area (Å²) in [5.74, 6) is 0.169. The Kier molecular flexibility index (Phi) is 8.36. The van der Waals surface area contributed by atoms with Gasteiger partial charge in [-0.2, -0.15) is 0 Å². The van der Waals surface area contributed by atoms with Crippen molar-refractivity contribution in [1.29, 1.82) is 0 Å². The van der Waals surface area contributed by atoms with Gasteiger partial charge in [0.2, 0.25) is 11.8 Å². The smallest absolute Gasteiger partial charge is 0.338 e. The van der Waals surface area contributed by atoms with Crippen molar-refractivity contribution >= 4 is 40.9 Å². The first kappa shape index (κ1) is 21.3. The third kappa shape index (κ3) is 6.96. The lowest BCUT2D eigenvalue weighted by atomic mass is 10.2. The number of hydrogen-bond acceptors (Lipinski definition) is 6. The summed E-state index contributed by atoms with van der Waals surface area (Å²) in [4.78, 5) is 35.5. The molecule has 2 amide bonds. The maximum Gasteiger partial charge on any atom is 0.338 e. The van der Waals surface area contributed by atoms with Crippen LogP contribution in [0.25, 0.3) is 0 Å². The molecule has 0 saturated heterocycles. The van der Waals surface area contributed by atoms with E-state index in [0.29, 0.717) is 29.3 Å². The molecule has 2 aromatic carbocycles. The van der Waals surface area contributed by atoms with Gasteiger partial charge < -0.3 is 20.1 Å². The average Bonchev–Trinajstić information content (AvgIpc) is 2.69. The van der Waals surface area contributed by atoms with Crippen molar-refractivity contribution in [3.8, 4) is 5.75 Å². The van der Waals surface area contributed by atoms with Gasteiger partial charge in [-0.05, 0) is 55.5 Å². The van der Waals surface area contributed by atoms with Crippen molar-refractivity contribution in [2.24, 2.45) is 0 Å². The second-order valence-electron chi connectivity index (χ2n) is 5.62. The molecule has 0 unspecified atom stereocenters. The van der Waals surface area contributed by atoms with Crippen molar-refractivity contribution in [1.82, 2.24) is 0 Å². The van der Waals surface area contributed by atoms with Gasteiger partial charge in [0.15, 0.2) is 0 Å². The van der Waals surface area contributed by atoms with Crippen LogP contribution in [0.2, 0.25) is 0 Å². The summed E-state index contributed by atoms with van der Waals surface area (Å²) in [7, 11) is 1.57. The molecule has 0 aliphatic heterocycles. The number of carbonyl (C=O) groups is 3. The third-order valence-electron chi connectivity index (χ3n) is 3.52. The van der Waals surface area contributed by atoms with Crippen molar-refractivity contribution in [3.05, 3.63) is 54.1 Å². The van der Waals surface area contributed by atoms with Crippen LogP contribution in [0.4, 0.5) is 11.4 Å². The topological polar surface area (TPSA) is 93.7 Å². The maximum atomic E-state index is 12.0. The summed E-state index contributed by atoms with van der Waals surface area (Å²) in [6.45, 7) is 2.04. The minimum absolute atomic E-state index is 0.135. The number of benzene rings is 2. The molecule has 2 rings (SSSR count). The second kappa shape index (κ2) is 11.0. The van der Waals surface area contributed by atoms with Gasteiger partial charge >= 0.3 is 5.97 Å². The fourth-order valence-corrected chi connectivity index (χ4v) is 2.83. The van der Waals surface area contributed by atoms with Gasteiger partial charge in [0, 0.05) is 11.4 Å². The molecule has 0 saturated carbocycles. The average molecular weight is 402 g/mol. The summed E-state index contributed by atoms with van der Waals surface area (Å²) in [5, 5.41) is 5.47. The lowest BCUT2D eigenvalue weighted by molar-refractivity contribution is -0.114. The van der Waals surface area contributed by atoms with E-state index < -0.39 is 5.97 Å². The van der Waals surface area contributed by atoms with Gasteiger partial charge in [0.25, 0.3) is 0 Å². The van der Waals surface area contributed by atoms with E-state index in [9.17, 15) is 14.4 Å². The molecule has 28 heavy (non-hydrogen) atoms. The molecular formula is C20H22N2O5S. The summed E-state index contributed by atoms with van der Waals surface area (Å²) in [6.07, 6.45) is 0. The number of anilines is 2. The van der Waals surface area contributed by atoms with Gasteiger partial charge in [0.05, 0.1) is 30.8 Å². The zero-order valence-electron chi connectivity index (χ0n) is 15.7. The Balaban J connectivity index is 1.71. The normalized spacial score (nSPS) is 10.1. The summed E-state index contributed by atoms with van der Waals surface area (Å²) in [6, 6.07) is 13.4. The van der Waals surface area contributed by atoms with Crippen molar-refractivity contribution in [2.45, 2.75) is 6.92 Å². The van der Waals surface area contributed by atoms with E-state index in [1.807, 2.05) is 0 Å². The molecular weight excluding hydrogens is 380 g/mol. The maximum absolute atomic E-state index is 12.0. The molecule has 0 heterocycles. The van der Waals surface area contributed by atoms with Crippen LogP contribution in [-0.4, -0.2) is 43.0 Å². The Labute approximate surface area is 167 Å². The zero-order chi connectivity index (χ0) is 20.4. The molecule has 7 nitrogen and oxygen atoms in total. The molecule has 0 radical (unpaired) electrons. The molecule has 2 N–H and O–H groups in total. The second-order valence-corrected chi connectivity index (χ2v) is 6.60. The zero-order valence-corrected chi connectivity index (χ0v) is 16.5. The van der Waals surface area contributed by atoms with Crippen LogP contribution in [0, 0.1) is 0 Å². The van der Waals surface area contributed by atoms with Crippen LogP contribution in [0.5, 0.6) is 5.75 Å². The quantitative estimate of drug-likeness (QED) is 0.626. The molecule has 0 fully saturated rings. The third-order valence-corrected chi connectivity index (χ3v) is 4.45. The van der Waals surface area contributed by atoms with E-state index in [2.05, 4.69) is 10.6 Å². The van der Waals surface area contributed by atoms with Gasteiger partial charge in [-0.15, -0.1) is 11.8 Å². The van der Waals surface area contributed by atoms with E-state index in [-0.39, 0.29) is 23.3 Å². The number of nitrogens with one attached hydrogen (secondary N) is 2. The molecule has 0 aliphatic carbocycles. The van der Waals surface area contributed by atoms with Crippen LogP contribution < -0.4 is 15.4 Å². The first-order valence-corrected chi connectivity index (χ1v) is 9.76. The van der Waals surface area contributed by atoms with Gasteiger partial charge in [0.1, 0.15) is 5.75 Å². The number of rotatable bonds is 9. The Hall–Kier alpha value is -3.00. The molecule has 0 atom stereocenters. The highest BCUT2D eigenvalue weighted by Crippen LogP contribution is 2.15. The lowest BCUT2D eigenvalue weighted by Gasteiger charge is -2.07. The van der Waals surface area contributed by atoms with Crippen molar-refractivity contribution in [2.75, 3.05) is 35.9 Å². The number of esters is 1. The minimum Gasteiger partial charge on any atom is -0.497 e. The highest BCUT2D eigenvalue weighted by atomic mass is 32.2. The van der Waals surface area contributed by atoms with Crippen LogP contribution in [-0.2, 0) is 14.3 Å². The number of hydrogen-bond donors (Lipinski definition) is 2. The minimum atomic E-state index is -0.404. The van der Waals surface area contributed by atoms with Gasteiger partial charge in [-0.3, -0.25) is 9.59 Å². The van der Waals surface area contributed by atoms with Crippen molar-refractivity contribution in [3.63, 3.8) is 0 Å². The summed E-state index contributed by atoms with van der Waals surface area (Å²) in [5.41, 5.74) is 1.66.